The quantitative estimate of drug-likeness (QED) is 0.786. The Morgan fingerprint density at radius 2 is 1.88 bits per heavy atom. The second kappa shape index (κ2) is 4.49. The number of carbonyl (C=O) groups excluding carboxylic acids is 1. The Hall–Kier alpha value is -1.35. The van der Waals surface area contributed by atoms with Crippen LogP contribution in [0.5, 0.6) is 0 Å². The maximum atomic E-state index is 11.9. The molecule has 92 valence electrons. The third kappa shape index (κ3) is 2.86. The van der Waals surface area contributed by atoms with Crippen LogP contribution in [-0.2, 0) is 9.53 Å². The second-order valence-electron chi connectivity index (χ2n) is 5.32. The lowest BCUT2D eigenvalue weighted by atomic mass is 10.2. The molecule has 1 fully saturated rings. The Morgan fingerprint density at radius 1 is 1.24 bits per heavy atom. The maximum Gasteiger partial charge on any atom is 0.229 e. The first-order valence-corrected chi connectivity index (χ1v) is 6.02. The van der Waals surface area contributed by atoms with Gasteiger partial charge in [-0.15, -0.1) is 0 Å². The van der Waals surface area contributed by atoms with Gasteiger partial charge >= 0.3 is 0 Å². The molecule has 3 nitrogen and oxygen atoms in total. The van der Waals surface area contributed by atoms with Crippen LogP contribution in [0.15, 0.2) is 30.3 Å². The zero-order chi connectivity index (χ0) is 12.5. The Kier molecular flexibility index (Phi) is 3.20. The van der Waals surface area contributed by atoms with Crippen LogP contribution in [0.4, 0.5) is 5.69 Å². The number of hydrogen-bond acceptors (Lipinski definition) is 2. The number of para-hydroxylation sites is 1. The van der Waals surface area contributed by atoms with E-state index in [2.05, 4.69) is 0 Å². The van der Waals surface area contributed by atoms with Crippen LogP contribution in [-0.4, -0.2) is 17.7 Å². The molecule has 0 radical (unpaired) electrons. The average Bonchev–Trinajstić information content (AvgIpc) is 2.58. The first-order valence-electron chi connectivity index (χ1n) is 6.02. The monoisotopic (exact) mass is 233 g/mol. The van der Waals surface area contributed by atoms with E-state index in [-0.39, 0.29) is 17.7 Å². The molecule has 1 aliphatic rings. The van der Waals surface area contributed by atoms with Gasteiger partial charge in [0, 0.05) is 18.5 Å². The molecule has 1 amide bonds. The van der Waals surface area contributed by atoms with Crippen molar-refractivity contribution in [2.75, 3.05) is 4.90 Å². The van der Waals surface area contributed by atoms with Gasteiger partial charge < -0.3 is 4.74 Å². The summed E-state index contributed by atoms with van der Waals surface area (Å²) in [7, 11) is 0. The number of amides is 1. The molecular formula is C14H19NO2. The molecule has 17 heavy (non-hydrogen) atoms. The van der Waals surface area contributed by atoms with Crippen LogP contribution >= 0.6 is 0 Å². The Labute approximate surface area is 102 Å². The van der Waals surface area contributed by atoms with Crippen LogP contribution in [0, 0.1) is 0 Å². The fraction of sp³-hybridized carbons (Fsp3) is 0.500. The van der Waals surface area contributed by atoms with E-state index in [9.17, 15) is 4.79 Å². The lowest BCUT2D eigenvalue weighted by Gasteiger charge is -2.31. The number of ether oxygens (including phenoxy) is 1. The molecule has 1 heterocycles. The molecule has 1 saturated heterocycles. The van der Waals surface area contributed by atoms with E-state index in [1.54, 1.807) is 4.90 Å². The molecule has 0 aromatic heterocycles. The van der Waals surface area contributed by atoms with E-state index < -0.39 is 0 Å². The van der Waals surface area contributed by atoms with Crippen LogP contribution in [0.3, 0.4) is 0 Å². The molecule has 1 unspecified atom stereocenters. The molecule has 0 aliphatic carbocycles. The fourth-order valence-corrected chi connectivity index (χ4v) is 2.08. The number of hydrogen-bond donors (Lipinski definition) is 0. The van der Waals surface area contributed by atoms with Gasteiger partial charge in [-0.25, -0.2) is 0 Å². The van der Waals surface area contributed by atoms with Crippen LogP contribution < -0.4 is 4.90 Å². The highest BCUT2D eigenvalue weighted by molar-refractivity contribution is 5.95. The highest BCUT2D eigenvalue weighted by Crippen LogP contribution is 2.29. The highest BCUT2D eigenvalue weighted by atomic mass is 16.5. The van der Waals surface area contributed by atoms with Crippen LogP contribution in [0.1, 0.15) is 33.6 Å². The van der Waals surface area contributed by atoms with Crippen molar-refractivity contribution in [3.8, 4) is 0 Å². The minimum Gasteiger partial charge on any atom is -0.352 e. The van der Waals surface area contributed by atoms with Crippen molar-refractivity contribution in [2.24, 2.45) is 0 Å². The van der Waals surface area contributed by atoms with Gasteiger partial charge in [-0.1, -0.05) is 18.2 Å². The number of carbonyl (C=O) groups is 1. The third-order valence-corrected chi connectivity index (χ3v) is 2.69. The van der Waals surface area contributed by atoms with Crippen molar-refractivity contribution in [1.29, 1.82) is 0 Å². The van der Waals surface area contributed by atoms with E-state index >= 15 is 0 Å². The van der Waals surface area contributed by atoms with Gasteiger partial charge in [0.25, 0.3) is 0 Å². The number of nitrogens with zero attached hydrogens (tertiary/aromatic N) is 1. The van der Waals surface area contributed by atoms with Crippen LogP contribution in [0.2, 0.25) is 0 Å². The summed E-state index contributed by atoms with van der Waals surface area (Å²) >= 11 is 0. The molecule has 3 heteroatoms. The second-order valence-corrected chi connectivity index (χ2v) is 5.32. The average molecular weight is 233 g/mol. The van der Waals surface area contributed by atoms with E-state index in [1.807, 2.05) is 51.1 Å². The molecule has 0 spiro atoms. The zero-order valence-corrected chi connectivity index (χ0v) is 10.6. The fourth-order valence-electron chi connectivity index (χ4n) is 2.08. The van der Waals surface area contributed by atoms with Gasteiger partial charge in [0.15, 0.2) is 0 Å². The lowest BCUT2D eigenvalue weighted by molar-refractivity contribution is -0.118. The minimum atomic E-state index is -0.234. The molecule has 0 bridgehead atoms. The third-order valence-electron chi connectivity index (χ3n) is 2.69. The minimum absolute atomic E-state index is 0.134. The number of benzene rings is 1. The summed E-state index contributed by atoms with van der Waals surface area (Å²) in [5.41, 5.74) is 0.687. The molecule has 1 aromatic rings. The SMILES string of the molecule is CC(C)(C)OC1CCC(=O)N1c1ccccc1. The summed E-state index contributed by atoms with van der Waals surface area (Å²) in [5, 5.41) is 0. The van der Waals surface area contributed by atoms with Gasteiger partial charge in [0.05, 0.1) is 5.60 Å². The van der Waals surface area contributed by atoms with Crippen molar-refractivity contribution in [2.45, 2.75) is 45.4 Å². The van der Waals surface area contributed by atoms with E-state index in [0.717, 1.165) is 12.1 Å². The Balaban J connectivity index is 2.21. The molecule has 2 rings (SSSR count). The summed E-state index contributed by atoms with van der Waals surface area (Å²) < 4.78 is 5.94. The molecule has 1 atom stereocenters. The van der Waals surface area contributed by atoms with Crippen molar-refractivity contribution in [3.05, 3.63) is 30.3 Å². The van der Waals surface area contributed by atoms with Crippen molar-refractivity contribution in [3.63, 3.8) is 0 Å². The molecule has 1 aliphatic heterocycles. The zero-order valence-electron chi connectivity index (χ0n) is 10.6. The first kappa shape index (κ1) is 12.1. The standard InChI is InChI=1S/C14H19NO2/c1-14(2,3)17-13-10-9-12(16)15(13)11-7-5-4-6-8-11/h4-8,13H,9-10H2,1-3H3. The van der Waals surface area contributed by atoms with Gasteiger partial charge in [-0.3, -0.25) is 9.69 Å². The van der Waals surface area contributed by atoms with Gasteiger partial charge in [-0.05, 0) is 32.9 Å². The predicted octanol–water partition coefficient (Wildman–Crippen LogP) is 2.95. The van der Waals surface area contributed by atoms with Gasteiger partial charge in [0.1, 0.15) is 6.23 Å². The van der Waals surface area contributed by atoms with Crippen molar-refractivity contribution >= 4 is 11.6 Å². The summed E-state index contributed by atoms with van der Waals surface area (Å²) in [6.07, 6.45) is 1.20. The lowest BCUT2D eigenvalue weighted by Crippen LogP contribution is -2.39. The summed E-state index contributed by atoms with van der Waals surface area (Å²) in [5.74, 6) is 0.144. The molecule has 0 saturated carbocycles. The predicted molar refractivity (Wildman–Crippen MR) is 67.8 cm³/mol. The van der Waals surface area contributed by atoms with E-state index in [0.29, 0.717) is 6.42 Å². The maximum absolute atomic E-state index is 11.9. The molecule has 0 N–H and O–H groups in total. The van der Waals surface area contributed by atoms with E-state index in [4.69, 9.17) is 4.74 Å². The summed E-state index contributed by atoms with van der Waals surface area (Å²) in [4.78, 5) is 13.7. The van der Waals surface area contributed by atoms with E-state index in [1.165, 1.54) is 0 Å². The number of rotatable bonds is 2. The largest absolute Gasteiger partial charge is 0.352 e. The number of anilines is 1. The molecular weight excluding hydrogens is 214 g/mol. The Morgan fingerprint density at radius 3 is 2.47 bits per heavy atom. The van der Waals surface area contributed by atoms with Crippen molar-refractivity contribution in [1.82, 2.24) is 0 Å². The Bertz CT molecular complexity index is 394. The van der Waals surface area contributed by atoms with Crippen LogP contribution in [0.25, 0.3) is 0 Å². The molecule has 1 aromatic carbocycles. The smallest absolute Gasteiger partial charge is 0.229 e. The highest BCUT2D eigenvalue weighted by Gasteiger charge is 2.35. The van der Waals surface area contributed by atoms with Gasteiger partial charge in [0.2, 0.25) is 5.91 Å². The van der Waals surface area contributed by atoms with Crippen molar-refractivity contribution < 1.29 is 9.53 Å². The topological polar surface area (TPSA) is 29.5 Å². The summed E-state index contributed by atoms with van der Waals surface area (Å²) in [6.45, 7) is 6.04. The normalized spacial score (nSPS) is 21.0. The van der Waals surface area contributed by atoms with Gasteiger partial charge in [-0.2, -0.15) is 0 Å². The first-order chi connectivity index (χ1) is 7.97. The summed E-state index contributed by atoms with van der Waals surface area (Å²) in [6, 6.07) is 9.72.